The number of aromatic amines is 1. The number of fused-ring (bicyclic) bond motifs is 1. The Labute approximate surface area is 163 Å². The molecule has 0 spiro atoms. The van der Waals surface area contributed by atoms with Gasteiger partial charge in [-0.15, -0.1) is 11.8 Å². The van der Waals surface area contributed by atoms with Crippen LogP contribution in [0.3, 0.4) is 0 Å². The van der Waals surface area contributed by atoms with Crippen LogP contribution >= 0.6 is 11.8 Å². The first-order valence-electron chi connectivity index (χ1n) is 8.86. The standard InChI is InChI=1S/C21H24N2O3S/c1-25-11-12-27-20-6-4-3-5-17(20)21(24)22-10-9-15-14-23-19-8-7-16(26-2)13-18(15)19/h3-8,13-14,23H,9-12H2,1-2H3,(H,22,24). The Morgan fingerprint density at radius 3 is 2.85 bits per heavy atom. The fourth-order valence-corrected chi connectivity index (χ4v) is 3.87. The average Bonchev–Trinajstić information content (AvgIpc) is 3.10. The molecule has 0 aliphatic heterocycles. The van der Waals surface area contributed by atoms with Gasteiger partial charge in [-0.2, -0.15) is 0 Å². The maximum absolute atomic E-state index is 12.6. The summed E-state index contributed by atoms with van der Waals surface area (Å²) in [6.07, 6.45) is 2.74. The second-order valence-corrected chi connectivity index (χ2v) is 7.21. The van der Waals surface area contributed by atoms with Gasteiger partial charge in [-0.1, -0.05) is 12.1 Å². The molecule has 6 heteroatoms. The molecule has 0 fully saturated rings. The molecular formula is C21H24N2O3S. The zero-order valence-electron chi connectivity index (χ0n) is 15.6. The Balaban J connectivity index is 1.62. The molecule has 2 aromatic carbocycles. The van der Waals surface area contributed by atoms with Crippen LogP contribution in [0.1, 0.15) is 15.9 Å². The monoisotopic (exact) mass is 384 g/mol. The lowest BCUT2D eigenvalue weighted by Crippen LogP contribution is -2.26. The topological polar surface area (TPSA) is 63.3 Å². The third-order valence-electron chi connectivity index (χ3n) is 4.33. The average molecular weight is 385 g/mol. The van der Waals surface area contributed by atoms with E-state index in [1.165, 1.54) is 0 Å². The number of hydrogen-bond donors (Lipinski definition) is 2. The van der Waals surface area contributed by atoms with Crippen LogP contribution in [-0.4, -0.2) is 44.0 Å². The second-order valence-electron chi connectivity index (χ2n) is 6.07. The number of carbonyl (C=O) groups is 1. The summed E-state index contributed by atoms with van der Waals surface area (Å²) in [5.41, 5.74) is 2.93. The predicted molar refractivity (Wildman–Crippen MR) is 110 cm³/mol. The Bertz CT molecular complexity index is 907. The van der Waals surface area contributed by atoms with Crippen molar-refractivity contribution in [3.63, 3.8) is 0 Å². The highest BCUT2D eigenvalue weighted by Gasteiger charge is 2.11. The number of benzene rings is 2. The fraction of sp³-hybridized carbons (Fsp3) is 0.286. The third-order valence-corrected chi connectivity index (χ3v) is 5.37. The SMILES string of the molecule is COCCSc1ccccc1C(=O)NCCc1c[nH]c2ccc(OC)cc12. The highest BCUT2D eigenvalue weighted by atomic mass is 32.2. The molecule has 0 unspecified atom stereocenters. The number of nitrogens with one attached hydrogen (secondary N) is 2. The second kappa shape index (κ2) is 9.48. The van der Waals surface area contributed by atoms with Crippen LogP contribution in [0.5, 0.6) is 5.75 Å². The first-order chi connectivity index (χ1) is 13.2. The van der Waals surface area contributed by atoms with E-state index in [1.807, 2.05) is 48.7 Å². The maximum atomic E-state index is 12.6. The first-order valence-corrected chi connectivity index (χ1v) is 9.84. The molecule has 0 aliphatic carbocycles. The molecule has 5 nitrogen and oxygen atoms in total. The summed E-state index contributed by atoms with van der Waals surface area (Å²) in [5, 5.41) is 4.16. The van der Waals surface area contributed by atoms with Gasteiger partial charge in [0.2, 0.25) is 0 Å². The van der Waals surface area contributed by atoms with E-state index in [2.05, 4.69) is 10.3 Å². The number of carbonyl (C=O) groups excluding carboxylic acids is 1. The molecule has 27 heavy (non-hydrogen) atoms. The van der Waals surface area contributed by atoms with Gasteiger partial charge >= 0.3 is 0 Å². The first kappa shape index (κ1) is 19.3. The van der Waals surface area contributed by atoms with Gasteiger partial charge in [0.15, 0.2) is 0 Å². The summed E-state index contributed by atoms with van der Waals surface area (Å²) < 4.78 is 10.4. The molecule has 0 bridgehead atoms. The van der Waals surface area contributed by atoms with E-state index < -0.39 is 0 Å². The molecule has 1 amide bonds. The summed E-state index contributed by atoms with van der Waals surface area (Å²) in [5.74, 6) is 1.60. The highest BCUT2D eigenvalue weighted by Crippen LogP contribution is 2.24. The van der Waals surface area contributed by atoms with Crippen LogP contribution < -0.4 is 10.1 Å². The molecule has 1 aromatic heterocycles. The van der Waals surface area contributed by atoms with Crippen LogP contribution in [0.4, 0.5) is 0 Å². The number of amides is 1. The summed E-state index contributed by atoms with van der Waals surface area (Å²) in [7, 11) is 3.34. The van der Waals surface area contributed by atoms with Gasteiger partial charge in [0.25, 0.3) is 5.91 Å². The number of methoxy groups -OCH3 is 2. The van der Waals surface area contributed by atoms with Crippen molar-refractivity contribution >= 4 is 28.6 Å². The lowest BCUT2D eigenvalue weighted by atomic mass is 10.1. The summed E-state index contributed by atoms with van der Waals surface area (Å²) in [4.78, 5) is 16.8. The lowest BCUT2D eigenvalue weighted by Gasteiger charge is -2.10. The van der Waals surface area contributed by atoms with E-state index in [-0.39, 0.29) is 5.91 Å². The van der Waals surface area contributed by atoms with E-state index in [4.69, 9.17) is 9.47 Å². The van der Waals surface area contributed by atoms with Crippen LogP contribution in [-0.2, 0) is 11.2 Å². The van der Waals surface area contributed by atoms with Crippen molar-refractivity contribution in [3.8, 4) is 5.75 Å². The minimum Gasteiger partial charge on any atom is -0.497 e. The third kappa shape index (κ3) is 4.84. The summed E-state index contributed by atoms with van der Waals surface area (Å²) in [6, 6.07) is 13.6. The molecule has 0 aliphatic rings. The van der Waals surface area contributed by atoms with Gasteiger partial charge in [0.1, 0.15) is 5.75 Å². The number of hydrogen-bond acceptors (Lipinski definition) is 4. The molecule has 0 atom stereocenters. The van der Waals surface area contributed by atoms with Crippen molar-refractivity contribution in [1.29, 1.82) is 0 Å². The lowest BCUT2D eigenvalue weighted by molar-refractivity contribution is 0.0951. The van der Waals surface area contributed by atoms with Crippen molar-refractivity contribution in [1.82, 2.24) is 10.3 Å². The smallest absolute Gasteiger partial charge is 0.252 e. The molecule has 3 aromatic rings. The van der Waals surface area contributed by atoms with E-state index >= 15 is 0 Å². The quantitative estimate of drug-likeness (QED) is 0.434. The normalized spacial score (nSPS) is 10.9. The number of thioether (sulfide) groups is 1. The Morgan fingerprint density at radius 2 is 2.04 bits per heavy atom. The number of ether oxygens (including phenoxy) is 2. The molecule has 0 saturated heterocycles. The van der Waals surface area contributed by atoms with Crippen molar-refractivity contribution in [2.24, 2.45) is 0 Å². The molecule has 0 radical (unpaired) electrons. The van der Waals surface area contributed by atoms with Crippen molar-refractivity contribution < 1.29 is 14.3 Å². The minimum atomic E-state index is -0.0482. The van der Waals surface area contributed by atoms with Gasteiger partial charge < -0.3 is 19.8 Å². The molecule has 0 saturated carbocycles. The molecule has 142 valence electrons. The van der Waals surface area contributed by atoms with Crippen LogP contribution in [0.15, 0.2) is 53.6 Å². The predicted octanol–water partition coefficient (Wildman–Crippen LogP) is 3.89. The van der Waals surface area contributed by atoms with Gasteiger partial charge in [-0.3, -0.25) is 4.79 Å². The van der Waals surface area contributed by atoms with Gasteiger partial charge in [0.05, 0.1) is 19.3 Å². The Kier molecular flexibility index (Phi) is 6.79. The van der Waals surface area contributed by atoms with Gasteiger partial charge in [-0.05, 0) is 42.3 Å². The van der Waals surface area contributed by atoms with E-state index in [1.54, 1.807) is 26.0 Å². The van der Waals surface area contributed by atoms with Crippen molar-refractivity contribution in [3.05, 3.63) is 59.8 Å². The van der Waals surface area contributed by atoms with E-state index in [0.29, 0.717) is 18.7 Å². The number of H-pyrrole nitrogens is 1. The van der Waals surface area contributed by atoms with Gasteiger partial charge in [0, 0.05) is 41.4 Å². The Hall–Kier alpha value is -2.44. The van der Waals surface area contributed by atoms with E-state index in [0.717, 1.165) is 39.3 Å². The summed E-state index contributed by atoms with van der Waals surface area (Å²) >= 11 is 1.63. The molecule has 3 rings (SSSR count). The maximum Gasteiger partial charge on any atom is 0.252 e. The van der Waals surface area contributed by atoms with Crippen LogP contribution in [0.25, 0.3) is 10.9 Å². The zero-order chi connectivity index (χ0) is 19.1. The fourth-order valence-electron chi connectivity index (χ4n) is 2.91. The van der Waals surface area contributed by atoms with Crippen LogP contribution in [0.2, 0.25) is 0 Å². The van der Waals surface area contributed by atoms with Gasteiger partial charge in [-0.25, -0.2) is 0 Å². The van der Waals surface area contributed by atoms with Crippen molar-refractivity contribution in [2.45, 2.75) is 11.3 Å². The molecule has 2 N–H and O–H groups in total. The van der Waals surface area contributed by atoms with Crippen LogP contribution in [0, 0.1) is 0 Å². The summed E-state index contributed by atoms with van der Waals surface area (Å²) in [6.45, 7) is 1.23. The van der Waals surface area contributed by atoms with E-state index in [9.17, 15) is 4.79 Å². The minimum absolute atomic E-state index is 0.0482. The van der Waals surface area contributed by atoms with Crippen molar-refractivity contribution in [2.75, 3.05) is 33.1 Å². The highest BCUT2D eigenvalue weighted by molar-refractivity contribution is 7.99. The number of rotatable bonds is 9. The Morgan fingerprint density at radius 1 is 1.19 bits per heavy atom. The molecular weight excluding hydrogens is 360 g/mol. The molecule has 1 heterocycles. The number of aromatic nitrogens is 1. The zero-order valence-corrected chi connectivity index (χ0v) is 16.4. The largest absolute Gasteiger partial charge is 0.497 e.